The Hall–Kier alpha value is -3.33. The molecule has 0 saturated carbocycles. The average molecular weight is 441 g/mol. The molecule has 0 aliphatic carbocycles. The van der Waals surface area contributed by atoms with E-state index >= 15 is 0 Å². The van der Waals surface area contributed by atoms with Crippen LogP contribution in [0.4, 0.5) is 11.4 Å². The van der Waals surface area contributed by atoms with E-state index in [-0.39, 0.29) is 17.3 Å². The van der Waals surface area contributed by atoms with Gasteiger partial charge in [0, 0.05) is 30.8 Å². The normalized spacial score (nSPS) is 15.8. The van der Waals surface area contributed by atoms with Gasteiger partial charge in [-0.25, -0.2) is 0 Å². The lowest BCUT2D eigenvalue weighted by Gasteiger charge is -2.40. The zero-order valence-corrected chi connectivity index (χ0v) is 18.1. The lowest BCUT2D eigenvalue weighted by atomic mass is 9.74. The molecule has 0 N–H and O–H groups in total. The molecule has 0 radical (unpaired) electrons. The zero-order chi connectivity index (χ0) is 23.1. The number of carbonyl (C=O) groups excluding carboxylic acids is 1. The van der Waals surface area contributed by atoms with E-state index in [1.807, 2.05) is 0 Å². The summed E-state index contributed by atoms with van der Waals surface area (Å²) in [6.07, 6.45) is 3.44. The number of hydrogen-bond donors (Lipinski definition) is 0. The first-order valence-corrected chi connectivity index (χ1v) is 10.6. The van der Waals surface area contributed by atoms with E-state index in [1.54, 1.807) is 24.3 Å². The van der Waals surface area contributed by atoms with Crippen LogP contribution in [0.15, 0.2) is 48.5 Å². The van der Waals surface area contributed by atoms with E-state index < -0.39 is 15.3 Å². The first kappa shape index (κ1) is 23.3. The Morgan fingerprint density at radius 2 is 1.38 bits per heavy atom. The Morgan fingerprint density at radius 1 is 0.906 bits per heavy atom. The van der Waals surface area contributed by atoms with Gasteiger partial charge in [0.1, 0.15) is 0 Å². The van der Waals surface area contributed by atoms with Crippen molar-refractivity contribution in [2.75, 3.05) is 26.7 Å². The van der Waals surface area contributed by atoms with Gasteiger partial charge in [-0.1, -0.05) is 24.3 Å². The van der Waals surface area contributed by atoms with Crippen molar-refractivity contribution in [1.29, 1.82) is 0 Å². The summed E-state index contributed by atoms with van der Waals surface area (Å²) in [6.45, 7) is 2.35. The lowest BCUT2D eigenvalue weighted by molar-refractivity contribution is -0.385. The molecule has 2 aromatic rings. The van der Waals surface area contributed by atoms with Crippen molar-refractivity contribution in [3.63, 3.8) is 0 Å². The fraction of sp³-hybridized carbons (Fsp3) is 0.435. The van der Waals surface area contributed by atoms with Crippen LogP contribution >= 0.6 is 0 Å². The fourth-order valence-electron chi connectivity index (χ4n) is 4.22. The number of ether oxygens (including phenoxy) is 1. The maximum Gasteiger partial charge on any atom is 0.311 e. The third-order valence-electron chi connectivity index (χ3n) is 6.33. The number of hydrogen-bond acceptors (Lipinski definition) is 7. The molecule has 0 spiro atoms. The second-order valence-electron chi connectivity index (χ2n) is 8.21. The topological polar surface area (TPSA) is 116 Å². The van der Waals surface area contributed by atoms with Gasteiger partial charge in [-0.05, 0) is 56.3 Å². The van der Waals surface area contributed by atoms with Crippen molar-refractivity contribution in [2.24, 2.45) is 5.41 Å². The van der Waals surface area contributed by atoms with Crippen molar-refractivity contribution in [3.05, 3.63) is 79.9 Å². The molecule has 32 heavy (non-hydrogen) atoms. The molecule has 0 amide bonds. The summed E-state index contributed by atoms with van der Waals surface area (Å²) in [4.78, 5) is 35.7. The third kappa shape index (κ3) is 5.67. The lowest BCUT2D eigenvalue weighted by Crippen LogP contribution is -2.45. The van der Waals surface area contributed by atoms with Crippen LogP contribution in [-0.4, -0.2) is 47.5 Å². The molecule has 9 nitrogen and oxygen atoms in total. The Bertz CT molecular complexity index is 951. The first-order valence-electron chi connectivity index (χ1n) is 10.6. The van der Waals surface area contributed by atoms with Crippen LogP contribution in [0.1, 0.15) is 30.4 Å². The van der Waals surface area contributed by atoms with Gasteiger partial charge in [-0.15, -0.1) is 0 Å². The number of methoxy groups -OCH3 is 1. The smallest absolute Gasteiger partial charge is 0.311 e. The van der Waals surface area contributed by atoms with Crippen molar-refractivity contribution in [3.8, 4) is 0 Å². The Morgan fingerprint density at radius 3 is 1.81 bits per heavy atom. The summed E-state index contributed by atoms with van der Waals surface area (Å²) in [5, 5.41) is 21.6. The summed E-state index contributed by atoms with van der Waals surface area (Å²) < 4.78 is 5.13. The van der Waals surface area contributed by atoms with E-state index in [0.29, 0.717) is 25.7 Å². The molecular formula is C23H27N3O6. The van der Waals surface area contributed by atoms with Gasteiger partial charge in [0.2, 0.25) is 0 Å². The summed E-state index contributed by atoms with van der Waals surface area (Å²) in [6, 6.07) is 13.1. The number of nitrogens with zero attached hydrogens (tertiary/aromatic N) is 3. The highest BCUT2D eigenvalue weighted by Gasteiger charge is 2.41. The monoisotopic (exact) mass is 441 g/mol. The van der Waals surface area contributed by atoms with Crippen molar-refractivity contribution in [1.82, 2.24) is 4.90 Å². The predicted octanol–water partition coefficient (Wildman–Crippen LogP) is 3.93. The zero-order valence-electron chi connectivity index (χ0n) is 18.1. The second kappa shape index (κ2) is 10.3. The molecule has 0 atom stereocenters. The number of nitro groups is 2. The van der Waals surface area contributed by atoms with Crippen molar-refractivity contribution in [2.45, 2.75) is 32.1 Å². The van der Waals surface area contributed by atoms with Gasteiger partial charge >= 0.3 is 5.97 Å². The molecule has 1 aliphatic heterocycles. The molecule has 1 heterocycles. The minimum Gasteiger partial charge on any atom is -0.469 e. The number of carbonyl (C=O) groups is 1. The number of benzene rings is 2. The highest BCUT2D eigenvalue weighted by Crippen LogP contribution is 2.37. The molecule has 1 saturated heterocycles. The molecule has 1 aliphatic rings. The number of non-ortho nitro benzene ring substituents is 2. The van der Waals surface area contributed by atoms with Crippen LogP contribution in [0, 0.1) is 25.6 Å². The third-order valence-corrected chi connectivity index (χ3v) is 6.33. The predicted molar refractivity (Wildman–Crippen MR) is 118 cm³/mol. The number of rotatable bonds is 9. The summed E-state index contributed by atoms with van der Waals surface area (Å²) in [5.41, 5.74) is 1.58. The average Bonchev–Trinajstić information content (AvgIpc) is 2.82. The van der Waals surface area contributed by atoms with Crippen LogP contribution < -0.4 is 0 Å². The molecule has 2 aromatic carbocycles. The van der Waals surface area contributed by atoms with Gasteiger partial charge in [-0.3, -0.25) is 25.0 Å². The molecule has 9 heteroatoms. The van der Waals surface area contributed by atoms with Gasteiger partial charge in [0.15, 0.2) is 0 Å². The largest absolute Gasteiger partial charge is 0.469 e. The fourth-order valence-corrected chi connectivity index (χ4v) is 4.22. The Labute approximate surface area is 186 Å². The van der Waals surface area contributed by atoms with Crippen molar-refractivity contribution < 1.29 is 19.4 Å². The standard InChI is InChI=1S/C23H27N3O6/c1-32-22(27)23(12-10-18-2-6-20(7-3-18)25(28)29)13-16-24(17-14-23)15-11-19-4-8-21(9-5-19)26(30)31/h2-9H,10-17H2,1H3. The van der Waals surface area contributed by atoms with Crippen LogP contribution in [-0.2, 0) is 22.4 Å². The summed E-state index contributed by atoms with van der Waals surface area (Å²) >= 11 is 0. The minimum absolute atomic E-state index is 0.0535. The Balaban J connectivity index is 1.55. The van der Waals surface area contributed by atoms with E-state index in [9.17, 15) is 25.0 Å². The minimum atomic E-state index is -0.555. The van der Waals surface area contributed by atoms with Crippen LogP contribution in [0.3, 0.4) is 0 Å². The number of nitro benzene ring substituents is 2. The molecular weight excluding hydrogens is 414 g/mol. The number of likely N-dealkylation sites (tertiary alicyclic amines) is 1. The van der Waals surface area contributed by atoms with Gasteiger partial charge in [0.05, 0.1) is 22.4 Å². The number of piperidine rings is 1. The molecule has 0 unspecified atom stereocenters. The van der Waals surface area contributed by atoms with Crippen LogP contribution in [0.2, 0.25) is 0 Å². The molecule has 1 fully saturated rings. The van der Waals surface area contributed by atoms with Crippen LogP contribution in [0.25, 0.3) is 0 Å². The van der Waals surface area contributed by atoms with Gasteiger partial charge in [-0.2, -0.15) is 0 Å². The quantitative estimate of drug-likeness (QED) is 0.329. The summed E-state index contributed by atoms with van der Waals surface area (Å²) in [5.74, 6) is -0.200. The maximum absolute atomic E-state index is 12.6. The second-order valence-corrected chi connectivity index (χ2v) is 8.21. The highest BCUT2D eigenvalue weighted by atomic mass is 16.6. The number of esters is 1. The summed E-state index contributed by atoms with van der Waals surface area (Å²) in [7, 11) is 1.41. The molecule has 0 bridgehead atoms. The molecule has 0 aromatic heterocycles. The Kier molecular flexibility index (Phi) is 7.53. The van der Waals surface area contributed by atoms with Gasteiger partial charge in [0.25, 0.3) is 11.4 Å². The SMILES string of the molecule is COC(=O)C1(CCc2ccc([N+](=O)[O-])cc2)CCN(CCc2ccc([N+](=O)[O-])cc2)CC1. The van der Waals surface area contributed by atoms with E-state index in [2.05, 4.69) is 4.90 Å². The van der Waals surface area contributed by atoms with Gasteiger partial charge < -0.3 is 9.64 Å². The molecule has 3 rings (SSSR count). The van der Waals surface area contributed by atoms with E-state index in [0.717, 1.165) is 37.2 Å². The van der Waals surface area contributed by atoms with Crippen molar-refractivity contribution >= 4 is 17.3 Å². The molecule has 170 valence electrons. The number of aryl methyl sites for hydroxylation is 1. The highest BCUT2D eigenvalue weighted by molar-refractivity contribution is 5.77. The maximum atomic E-state index is 12.6. The van der Waals surface area contributed by atoms with Crippen LogP contribution in [0.5, 0.6) is 0 Å². The van der Waals surface area contributed by atoms with E-state index in [4.69, 9.17) is 4.74 Å². The first-order chi connectivity index (χ1) is 15.3. The van der Waals surface area contributed by atoms with E-state index in [1.165, 1.54) is 31.4 Å².